The Labute approximate surface area is 128 Å². The van der Waals surface area contributed by atoms with E-state index in [9.17, 15) is 4.79 Å². The molecule has 3 nitrogen and oxygen atoms in total. The van der Waals surface area contributed by atoms with Gasteiger partial charge in [-0.15, -0.1) is 0 Å². The number of urea groups is 1. The second-order valence-electron chi connectivity index (χ2n) is 6.12. The van der Waals surface area contributed by atoms with E-state index in [1.165, 1.54) is 44.1 Å². The van der Waals surface area contributed by atoms with Crippen LogP contribution < -0.4 is 10.6 Å². The molecule has 0 atom stereocenters. The van der Waals surface area contributed by atoms with Crippen molar-refractivity contribution < 1.29 is 4.79 Å². The molecule has 0 saturated heterocycles. The van der Waals surface area contributed by atoms with Crippen LogP contribution in [-0.2, 0) is 6.42 Å². The van der Waals surface area contributed by atoms with E-state index in [0.29, 0.717) is 0 Å². The minimum absolute atomic E-state index is 0.0886. The lowest BCUT2D eigenvalue weighted by molar-refractivity contribution is 0.251. The van der Waals surface area contributed by atoms with E-state index in [-0.39, 0.29) is 6.03 Å². The summed E-state index contributed by atoms with van der Waals surface area (Å²) in [6, 6.07) is 8.09. The monoisotopic (exact) mass is 288 g/mol. The van der Waals surface area contributed by atoms with E-state index in [1.807, 2.05) is 12.1 Å². The number of hydrogen-bond donors (Lipinski definition) is 2. The fraction of sp³-hybridized carbons (Fsp3) is 0.611. The Morgan fingerprint density at radius 1 is 1.19 bits per heavy atom. The van der Waals surface area contributed by atoms with E-state index in [4.69, 9.17) is 0 Å². The first kappa shape index (κ1) is 15.9. The van der Waals surface area contributed by atoms with E-state index >= 15 is 0 Å². The summed E-state index contributed by atoms with van der Waals surface area (Å²) in [5.74, 6) is 0.822. The molecule has 0 spiro atoms. The minimum Gasteiger partial charge on any atom is -0.338 e. The van der Waals surface area contributed by atoms with Crippen LogP contribution in [0.25, 0.3) is 0 Å². The average Bonchev–Trinajstić information content (AvgIpc) is 3.00. The quantitative estimate of drug-likeness (QED) is 0.748. The number of carbonyl (C=O) groups is 1. The topological polar surface area (TPSA) is 41.1 Å². The van der Waals surface area contributed by atoms with Crippen LogP contribution in [0.3, 0.4) is 0 Å². The van der Waals surface area contributed by atoms with Gasteiger partial charge in [0.15, 0.2) is 0 Å². The molecule has 0 aliphatic heterocycles. The summed E-state index contributed by atoms with van der Waals surface area (Å²) in [7, 11) is 0. The summed E-state index contributed by atoms with van der Waals surface area (Å²) in [5.41, 5.74) is 2.21. The third-order valence-corrected chi connectivity index (χ3v) is 4.34. The first-order chi connectivity index (χ1) is 10.3. The van der Waals surface area contributed by atoms with Crippen LogP contribution in [0.15, 0.2) is 24.3 Å². The summed E-state index contributed by atoms with van der Waals surface area (Å²) in [5, 5.41) is 5.86. The Bertz CT molecular complexity index is 421. The Morgan fingerprint density at radius 2 is 1.90 bits per heavy atom. The van der Waals surface area contributed by atoms with Crippen LogP contribution >= 0.6 is 0 Å². The zero-order chi connectivity index (χ0) is 14.9. The molecule has 1 aliphatic carbocycles. The van der Waals surface area contributed by atoms with Crippen molar-refractivity contribution in [2.45, 2.75) is 58.3 Å². The van der Waals surface area contributed by atoms with Gasteiger partial charge in [-0.1, -0.05) is 51.2 Å². The molecule has 1 aromatic rings. The van der Waals surface area contributed by atoms with Crippen molar-refractivity contribution >= 4 is 11.7 Å². The number of aryl methyl sites for hydroxylation is 1. The summed E-state index contributed by atoms with van der Waals surface area (Å²) in [6.07, 6.45) is 10.1. The van der Waals surface area contributed by atoms with Crippen LogP contribution in [-0.4, -0.2) is 12.6 Å². The van der Waals surface area contributed by atoms with Gasteiger partial charge in [0.2, 0.25) is 0 Å². The molecular weight excluding hydrogens is 260 g/mol. The first-order valence-electron chi connectivity index (χ1n) is 8.41. The molecule has 0 unspecified atom stereocenters. The van der Waals surface area contributed by atoms with Crippen molar-refractivity contribution in [2.75, 3.05) is 11.9 Å². The highest BCUT2D eigenvalue weighted by molar-refractivity contribution is 5.89. The summed E-state index contributed by atoms with van der Waals surface area (Å²) in [6.45, 7) is 2.98. The van der Waals surface area contributed by atoms with Gasteiger partial charge in [-0.3, -0.25) is 0 Å². The van der Waals surface area contributed by atoms with Gasteiger partial charge in [0.05, 0.1) is 0 Å². The van der Waals surface area contributed by atoms with E-state index in [1.54, 1.807) is 0 Å². The predicted molar refractivity (Wildman–Crippen MR) is 88.7 cm³/mol. The van der Waals surface area contributed by atoms with Crippen LogP contribution in [0.2, 0.25) is 0 Å². The van der Waals surface area contributed by atoms with E-state index < -0.39 is 0 Å². The smallest absolute Gasteiger partial charge is 0.319 e. The highest BCUT2D eigenvalue weighted by Gasteiger charge is 2.14. The molecule has 2 amide bonds. The number of nitrogens with one attached hydrogen (secondary N) is 2. The first-order valence-corrected chi connectivity index (χ1v) is 8.41. The number of hydrogen-bond acceptors (Lipinski definition) is 1. The van der Waals surface area contributed by atoms with Crippen molar-refractivity contribution in [3.63, 3.8) is 0 Å². The molecule has 116 valence electrons. The Morgan fingerprint density at radius 3 is 2.57 bits per heavy atom. The van der Waals surface area contributed by atoms with Crippen molar-refractivity contribution in [1.29, 1.82) is 0 Å². The normalized spacial score (nSPS) is 15.1. The Kier molecular flexibility index (Phi) is 6.58. The molecule has 21 heavy (non-hydrogen) atoms. The Balaban J connectivity index is 1.66. The number of anilines is 1. The predicted octanol–water partition coefficient (Wildman–Crippen LogP) is 4.73. The van der Waals surface area contributed by atoms with Gasteiger partial charge >= 0.3 is 6.03 Å². The lowest BCUT2D eigenvalue weighted by Crippen LogP contribution is -2.30. The maximum absolute atomic E-state index is 11.8. The van der Waals surface area contributed by atoms with Gasteiger partial charge in [0.25, 0.3) is 0 Å². The van der Waals surface area contributed by atoms with Gasteiger partial charge in [0, 0.05) is 12.2 Å². The molecule has 1 aromatic carbocycles. The molecule has 0 radical (unpaired) electrons. The largest absolute Gasteiger partial charge is 0.338 e. The minimum atomic E-state index is -0.0886. The second kappa shape index (κ2) is 8.71. The fourth-order valence-corrected chi connectivity index (χ4v) is 3.00. The highest BCUT2D eigenvalue weighted by Crippen LogP contribution is 2.26. The van der Waals surface area contributed by atoms with Crippen LogP contribution in [0.4, 0.5) is 10.5 Å². The van der Waals surface area contributed by atoms with Crippen LogP contribution in [0, 0.1) is 5.92 Å². The molecule has 2 rings (SSSR count). The molecule has 0 aromatic heterocycles. The lowest BCUT2D eigenvalue weighted by atomic mass is 10.0. The zero-order valence-electron chi connectivity index (χ0n) is 13.2. The SMILES string of the molecule is CCCCc1ccc(NC(=O)NCCC2CCCC2)cc1. The van der Waals surface area contributed by atoms with Gasteiger partial charge < -0.3 is 10.6 Å². The van der Waals surface area contributed by atoms with Crippen molar-refractivity contribution in [1.82, 2.24) is 5.32 Å². The third-order valence-electron chi connectivity index (χ3n) is 4.34. The van der Waals surface area contributed by atoms with Crippen molar-refractivity contribution in [3.05, 3.63) is 29.8 Å². The van der Waals surface area contributed by atoms with E-state index in [2.05, 4.69) is 29.7 Å². The number of amides is 2. The molecule has 1 saturated carbocycles. The molecule has 0 heterocycles. The zero-order valence-corrected chi connectivity index (χ0v) is 13.2. The summed E-state index contributed by atoms with van der Waals surface area (Å²) < 4.78 is 0. The summed E-state index contributed by atoms with van der Waals surface area (Å²) in [4.78, 5) is 11.8. The molecular formula is C18H28N2O. The molecule has 0 bridgehead atoms. The van der Waals surface area contributed by atoms with Crippen LogP contribution in [0.1, 0.15) is 57.4 Å². The van der Waals surface area contributed by atoms with Gasteiger partial charge in [-0.25, -0.2) is 4.79 Å². The molecule has 2 N–H and O–H groups in total. The maximum Gasteiger partial charge on any atom is 0.319 e. The van der Waals surface area contributed by atoms with Gasteiger partial charge in [0.1, 0.15) is 0 Å². The second-order valence-corrected chi connectivity index (χ2v) is 6.12. The van der Waals surface area contributed by atoms with E-state index in [0.717, 1.165) is 31.0 Å². The lowest BCUT2D eigenvalue weighted by Gasteiger charge is -2.11. The molecule has 1 fully saturated rings. The number of carbonyl (C=O) groups excluding carboxylic acids is 1. The number of unbranched alkanes of at least 4 members (excludes halogenated alkanes) is 1. The van der Waals surface area contributed by atoms with Gasteiger partial charge in [-0.2, -0.15) is 0 Å². The highest BCUT2D eigenvalue weighted by atomic mass is 16.2. The fourth-order valence-electron chi connectivity index (χ4n) is 3.00. The van der Waals surface area contributed by atoms with Gasteiger partial charge in [-0.05, 0) is 42.9 Å². The standard InChI is InChI=1S/C18H28N2O/c1-2-3-6-16-9-11-17(12-10-16)20-18(21)19-14-13-15-7-4-5-8-15/h9-12,15H,2-8,13-14H2,1H3,(H2,19,20,21). The summed E-state index contributed by atoms with van der Waals surface area (Å²) >= 11 is 0. The molecule has 1 aliphatic rings. The maximum atomic E-state index is 11.8. The van der Waals surface area contributed by atoms with Crippen LogP contribution in [0.5, 0.6) is 0 Å². The van der Waals surface area contributed by atoms with Crippen molar-refractivity contribution in [2.24, 2.45) is 5.92 Å². The number of benzene rings is 1. The molecule has 3 heteroatoms. The average molecular weight is 288 g/mol. The van der Waals surface area contributed by atoms with Crippen molar-refractivity contribution in [3.8, 4) is 0 Å². The Hall–Kier alpha value is -1.51. The third kappa shape index (κ3) is 5.78. The number of rotatable bonds is 7.